The summed E-state index contributed by atoms with van der Waals surface area (Å²) in [4.78, 5) is 25.4. The van der Waals surface area contributed by atoms with E-state index in [9.17, 15) is 19.8 Å². The Morgan fingerprint density at radius 2 is 2.10 bits per heavy atom. The van der Waals surface area contributed by atoms with Crippen LogP contribution in [-0.4, -0.2) is 56.9 Å². The van der Waals surface area contributed by atoms with Crippen LogP contribution in [0.4, 0.5) is 0 Å². The van der Waals surface area contributed by atoms with Crippen molar-refractivity contribution in [3.8, 4) is 0 Å². The average molecular weight is 288 g/mol. The number of rotatable bonds is 4. The highest BCUT2D eigenvalue weighted by molar-refractivity contribution is 5.14. The molecular formula is C11H16N2O7. The Morgan fingerprint density at radius 3 is 2.65 bits per heavy atom. The maximum Gasteiger partial charge on any atom is 0.330 e. The summed E-state index contributed by atoms with van der Waals surface area (Å²) >= 11 is 0. The summed E-state index contributed by atoms with van der Waals surface area (Å²) in [6, 6.07) is 0. The van der Waals surface area contributed by atoms with Gasteiger partial charge in [-0.05, 0) is 0 Å². The van der Waals surface area contributed by atoms with Gasteiger partial charge in [0.1, 0.15) is 31.1 Å². The third kappa shape index (κ3) is 2.53. The third-order valence-corrected chi connectivity index (χ3v) is 3.16. The molecule has 0 aromatic carbocycles. The Kier molecular flexibility index (Phi) is 4.35. The molecule has 0 saturated carbocycles. The van der Waals surface area contributed by atoms with Gasteiger partial charge in [-0.2, -0.15) is 0 Å². The Hall–Kier alpha value is -1.52. The number of aromatic amines is 1. The molecule has 4 N–H and O–H groups in total. The summed E-state index contributed by atoms with van der Waals surface area (Å²) in [6.45, 7) is -0.582. The van der Waals surface area contributed by atoms with Crippen LogP contribution >= 0.6 is 0 Å². The van der Waals surface area contributed by atoms with Crippen LogP contribution in [-0.2, 0) is 16.2 Å². The van der Waals surface area contributed by atoms with Crippen molar-refractivity contribution in [2.75, 3.05) is 13.7 Å². The average Bonchev–Trinajstić information content (AvgIpc) is 2.70. The largest absolute Gasteiger partial charge is 0.394 e. The van der Waals surface area contributed by atoms with Crippen LogP contribution in [0.15, 0.2) is 15.8 Å². The standard InChI is InChI=1S/C11H16N2O7/c1-19-4-13-2-5(10(17)12-11(13)18)9-8(16)7(15)6(3-14)20-9/h2,6-9,14-16H,3-4H2,1H3,(H,12,17,18)/t6-,7-,8-,9+/m1/s1. The first-order chi connectivity index (χ1) is 9.49. The zero-order valence-electron chi connectivity index (χ0n) is 10.7. The number of ether oxygens (including phenoxy) is 2. The van der Waals surface area contributed by atoms with Gasteiger partial charge in [-0.1, -0.05) is 0 Å². The van der Waals surface area contributed by atoms with E-state index in [4.69, 9.17) is 14.6 Å². The van der Waals surface area contributed by atoms with E-state index in [0.29, 0.717) is 0 Å². The first-order valence-electron chi connectivity index (χ1n) is 5.94. The second kappa shape index (κ2) is 5.85. The lowest BCUT2D eigenvalue weighted by Crippen LogP contribution is -2.36. The summed E-state index contributed by atoms with van der Waals surface area (Å²) in [6.07, 6.45) is -3.61. The molecule has 1 fully saturated rings. The molecule has 2 heterocycles. The van der Waals surface area contributed by atoms with Crippen LogP contribution in [0.3, 0.4) is 0 Å². The van der Waals surface area contributed by atoms with Gasteiger partial charge in [0.15, 0.2) is 0 Å². The van der Waals surface area contributed by atoms with Crippen LogP contribution < -0.4 is 11.2 Å². The number of aromatic nitrogens is 2. The number of nitrogens with zero attached hydrogens (tertiary/aromatic N) is 1. The fourth-order valence-corrected chi connectivity index (χ4v) is 2.12. The van der Waals surface area contributed by atoms with E-state index < -0.39 is 42.3 Å². The lowest BCUT2D eigenvalue weighted by molar-refractivity contribution is -0.0235. The highest BCUT2D eigenvalue weighted by atomic mass is 16.6. The number of H-pyrrole nitrogens is 1. The molecule has 1 aromatic heterocycles. The molecule has 4 atom stereocenters. The lowest BCUT2D eigenvalue weighted by Gasteiger charge is -2.15. The number of aliphatic hydroxyl groups excluding tert-OH is 3. The predicted molar refractivity (Wildman–Crippen MR) is 65.0 cm³/mol. The zero-order chi connectivity index (χ0) is 14.9. The first-order valence-corrected chi connectivity index (χ1v) is 5.94. The van der Waals surface area contributed by atoms with Gasteiger partial charge < -0.3 is 24.8 Å². The van der Waals surface area contributed by atoms with Crippen LogP contribution in [0.1, 0.15) is 11.7 Å². The van der Waals surface area contributed by atoms with Gasteiger partial charge in [-0.3, -0.25) is 14.3 Å². The highest BCUT2D eigenvalue weighted by Gasteiger charge is 2.44. The Bertz CT molecular complexity index is 581. The Morgan fingerprint density at radius 1 is 1.40 bits per heavy atom. The van der Waals surface area contributed by atoms with E-state index in [2.05, 4.69) is 4.98 Å². The van der Waals surface area contributed by atoms with E-state index in [0.717, 1.165) is 4.57 Å². The first kappa shape index (κ1) is 14.9. The van der Waals surface area contributed by atoms with Crippen molar-refractivity contribution in [2.24, 2.45) is 0 Å². The van der Waals surface area contributed by atoms with Gasteiger partial charge in [0.25, 0.3) is 5.56 Å². The van der Waals surface area contributed by atoms with E-state index in [1.165, 1.54) is 13.3 Å². The van der Waals surface area contributed by atoms with Crippen LogP contribution in [0.25, 0.3) is 0 Å². The van der Waals surface area contributed by atoms with Crippen molar-refractivity contribution in [2.45, 2.75) is 31.1 Å². The van der Waals surface area contributed by atoms with Gasteiger partial charge in [-0.15, -0.1) is 0 Å². The monoisotopic (exact) mass is 288 g/mol. The topological polar surface area (TPSA) is 134 Å². The molecule has 1 aliphatic heterocycles. The molecular weight excluding hydrogens is 272 g/mol. The molecule has 0 aliphatic carbocycles. The van der Waals surface area contributed by atoms with Gasteiger partial charge >= 0.3 is 5.69 Å². The van der Waals surface area contributed by atoms with Crippen molar-refractivity contribution < 1.29 is 24.8 Å². The molecule has 2 rings (SSSR count). The maximum atomic E-state index is 11.8. The predicted octanol–water partition coefficient (Wildman–Crippen LogP) is -2.71. The number of aliphatic hydroxyl groups is 3. The second-order valence-corrected chi connectivity index (χ2v) is 4.49. The Labute approximate surface area is 113 Å². The zero-order valence-corrected chi connectivity index (χ0v) is 10.7. The van der Waals surface area contributed by atoms with Crippen molar-refractivity contribution in [1.29, 1.82) is 0 Å². The molecule has 1 aromatic rings. The molecule has 0 unspecified atom stereocenters. The summed E-state index contributed by atoms with van der Waals surface area (Å²) in [7, 11) is 1.38. The molecule has 0 spiro atoms. The number of hydrogen-bond acceptors (Lipinski definition) is 7. The summed E-state index contributed by atoms with van der Waals surface area (Å²) < 4.78 is 11.1. The second-order valence-electron chi connectivity index (χ2n) is 4.49. The van der Waals surface area contributed by atoms with Crippen molar-refractivity contribution >= 4 is 0 Å². The van der Waals surface area contributed by atoms with Gasteiger partial charge in [-0.25, -0.2) is 4.79 Å². The molecule has 0 bridgehead atoms. The van der Waals surface area contributed by atoms with Crippen LogP contribution in [0.5, 0.6) is 0 Å². The van der Waals surface area contributed by atoms with Gasteiger partial charge in [0, 0.05) is 13.3 Å². The van der Waals surface area contributed by atoms with E-state index in [-0.39, 0.29) is 12.3 Å². The highest BCUT2D eigenvalue weighted by Crippen LogP contribution is 2.31. The van der Waals surface area contributed by atoms with E-state index in [1.54, 1.807) is 0 Å². The third-order valence-electron chi connectivity index (χ3n) is 3.16. The van der Waals surface area contributed by atoms with Crippen molar-refractivity contribution in [3.63, 3.8) is 0 Å². The number of methoxy groups -OCH3 is 1. The molecule has 1 aliphatic rings. The van der Waals surface area contributed by atoms with Crippen LogP contribution in [0, 0.1) is 0 Å². The normalized spacial score (nSPS) is 29.8. The van der Waals surface area contributed by atoms with Gasteiger partial charge in [0.05, 0.1) is 12.2 Å². The fraction of sp³-hybridized carbons (Fsp3) is 0.636. The minimum atomic E-state index is -1.37. The smallest absolute Gasteiger partial charge is 0.330 e. The summed E-state index contributed by atoms with van der Waals surface area (Å²) in [5.74, 6) is 0. The molecule has 0 amide bonds. The maximum absolute atomic E-state index is 11.8. The van der Waals surface area contributed by atoms with Crippen molar-refractivity contribution in [3.05, 3.63) is 32.6 Å². The molecule has 1 saturated heterocycles. The molecule has 20 heavy (non-hydrogen) atoms. The van der Waals surface area contributed by atoms with E-state index >= 15 is 0 Å². The summed E-state index contributed by atoms with van der Waals surface area (Å²) in [5, 5.41) is 28.6. The number of nitrogens with one attached hydrogen (secondary N) is 1. The van der Waals surface area contributed by atoms with Gasteiger partial charge in [0.2, 0.25) is 0 Å². The minimum Gasteiger partial charge on any atom is -0.394 e. The Balaban J connectivity index is 2.40. The lowest BCUT2D eigenvalue weighted by atomic mass is 10.0. The minimum absolute atomic E-state index is 0.0239. The summed E-state index contributed by atoms with van der Waals surface area (Å²) in [5.41, 5.74) is -1.41. The fourth-order valence-electron chi connectivity index (χ4n) is 2.12. The van der Waals surface area contributed by atoms with Crippen LogP contribution in [0.2, 0.25) is 0 Å². The number of hydrogen-bond donors (Lipinski definition) is 4. The van der Waals surface area contributed by atoms with Crippen molar-refractivity contribution in [1.82, 2.24) is 9.55 Å². The molecule has 9 heteroatoms. The molecule has 0 radical (unpaired) electrons. The quantitative estimate of drug-likeness (QED) is 0.473. The molecule has 112 valence electrons. The van der Waals surface area contributed by atoms with E-state index in [1.807, 2.05) is 0 Å². The SMILES string of the molecule is COCn1cc([C@@H]2O[C@H](CO)[C@@H](O)[C@H]2O)c(=O)[nH]c1=O. The molecule has 9 nitrogen and oxygen atoms in total.